The second-order valence-corrected chi connectivity index (χ2v) is 9.04. The minimum absolute atomic E-state index is 0.0193. The standard InChI is InChI=1S/C30H28Cl2O2/c1-21(23-11-15-25(16-12-23)27-7-3-5-9-29(27)31)33-19-20-34-22(2)24-13-17-26(18-14-24)28-8-4-6-10-30(28)32/h3-18,21-22H,19-20H2,1-2H3. The van der Waals surface area contributed by atoms with Crippen LogP contribution < -0.4 is 0 Å². The molecule has 0 bridgehead atoms. The molecule has 0 aliphatic heterocycles. The fourth-order valence-electron chi connectivity index (χ4n) is 3.90. The van der Waals surface area contributed by atoms with E-state index >= 15 is 0 Å². The van der Waals surface area contributed by atoms with Crippen LogP contribution in [0.15, 0.2) is 97.1 Å². The molecule has 174 valence electrons. The zero-order valence-corrected chi connectivity index (χ0v) is 20.9. The lowest BCUT2D eigenvalue weighted by molar-refractivity contribution is -0.0132. The Bertz CT molecular complexity index is 1110. The highest BCUT2D eigenvalue weighted by molar-refractivity contribution is 6.33. The van der Waals surface area contributed by atoms with E-state index in [9.17, 15) is 0 Å². The van der Waals surface area contributed by atoms with E-state index in [1.165, 1.54) is 0 Å². The predicted octanol–water partition coefficient (Wildman–Crippen LogP) is 9.18. The van der Waals surface area contributed by atoms with Crippen molar-refractivity contribution in [2.24, 2.45) is 0 Å². The summed E-state index contributed by atoms with van der Waals surface area (Å²) in [5, 5.41) is 1.51. The van der Waals surface area contributed by atoms with Gasteiger partial charge in [0.15, 0.2) is 0 Å². The first-order valence-corrected chi connectivity index (χ1v) is 12.2. The van der Waals surface area contributed by atoms with Crippen molar-refractivity contribution >= 4 is 23.2 Å². The molecule has 4 aromatic carbocycles. The van der Waals surface area contributed by atoms with Gasteiger partial charge in [-0.25, -0.2) is 0 Å². The SMILES string of the molecule is CC(OCCOC(C)c1ccc(-c2ccccc2Cl)cc1)c1ccc(-c2ccccc2Cl)cc1. The van der Waals surface area contributed by atoms with Crippen molar-refractivity contribution < 1.29 is 9.47 Å². The summed E-state index contributed by atoms with van der Waals surface area (Å²) in [7, 11) is 0. The van der Waals surface area contributed by atoms with Gasteiger partial charge in [0.05, 0.1) is 25.4 Å². The maximum Gasteiger partial charge on any atom is 0.0797 e. The Morgan fingerprint density at radius 2 is 0.882 bits per heavy atom. The molecular weight excluding hydrogens is 463 g/mol. The van der Waals surface area contributed by atoms with Gasteiger partial charge >= 0.3 is 0 Å². The lowest BCUT2D eigenvalue weighted by atomic mass is 10.0. The van der Waals surface area contributed by atoms with Gasteiger partial charge < -0.3 is 9.47 Å². The van der Waals surface area contributed by atoms with Gasteiger partial charge in [-0.3, -0.25) is 0 Å². The van der Waals surface area contributed by atoms with Crippen LogP contribution in [-0.2, 0) is 9.47 Å². The van der Waals surface area contributed by atoms with Crippen LogP contribution in [0.3, 0.4) is 0 Å². The van der Waals surface area contributed by atoms with Crippen LogP contribution in [0.2, 0.25) is 10.0 Å². The molecular formula is C30H28Cl2O2. The minimum atomic E-state index is -0.0193. The summed E-state index contributed by atoms with van der Waals surface area (Å²) in [5.74, 6) is 0. The summed E-state index contributed by atoms with van der Waals surface area (Å²) in [6.07, 6.45) is -0.0387. The number of halogens is 2. The van der Waals surface area contributed by atoms with E-state index in [0.29, 0.717) is 13.2 Å². The lowest BCUT2D eigenvalue weighted by Gasteiger charge is -2.17. The fourth-order valence-corrected chi connectivity index (χ4v) is 4.39. The number of ether oxygens (including phenoxy) is 2. The number of hydrogen-bond acceptors (Lipinski definition) is 2. The van der Waals surface area contributed by atoms with E-state index in [0.717, 1.165) is 43.4 Å². The molecule has 0 heterocycles. The van der Waals surface area contributed by atoms with E-state index in [1.807, 2.05) is 48.5 Å². The molecule has 0 N–H and O–H groups in total. The van der Waals surface area contributed by atoms with Gasteiger partial charge in [0.2, 0.25) is 0 Å². The highest BCUT2D eigenvalue weighted by atomic mass is 35.5. The predicted molar refractivity (Wildman–Crippen MR) is 143 cm³/mol. The fraction of sp³-hybridized carbons (Fsp3) is 0.200. The van der Waals surface area contributed by atoms with Crippen LogP contribution in [0.25, 0.3) is 22.3 Å². The molecule has 0 fully saturated rings. The van der Waals surface area contributed by atoms with E-state index in [-0.39, 0.29) is 12.2 Å². The van der Waals surface area contributed by atoms with Crippen LogP contribution in [0.4, 0.5) is 0 Å². The molecule has 0 aliphatic rings. The zero-order chi connectivity index (χ0) is 23.9. The zero-order valence-electron chi connectivity index (χ0n) is 19.4. The monoisotopic (exact) mass is 490 g/mol. The quantitative estimate of drug-likeness (QED) is 0.217. The summed E-state index contributed by atoms with van der Waals surface area (Å²) in [6.45, 7) is 5.16. The smallest absolute Gasteiger partial charge is 0.0797 e. The van der Waals surface area contributed by atoms with Gasteiger partial charge in [0.25, 0.3) is 0 Å². The van der Waals surface area contributed by atoms with Crippen molar-refractivity contribution in [3.63, 3.8) is 0 Å². The van der Waals surface area contributed by atoms with Crippen molar-refractivity contribution in [1.29, 1.82) is 0 Å². The Hall–Kier alpha value is -2.62. The van der Waals surface area contributed by atoms with Crippen molar-refractivity contribution in [1.82, 2.24) is 0 Å². The molecule has 4 heteroatoms. The third-order valence-electron chi connectivity index (χ3n) is 5.95. The van der Waals surface area contributed by atoms with E-state index in [1.54, 1.807) is 0 Å². The molecule has 0 radical (unpaired) electrons. The maximum absolute atomic E-state index is 6.31. The highest BCUT2D eigenvalue weighted by Crippen LogP contribution is 2.30. The summed E-state index contributed by atoms with van der Waals surface area (Å²) in [5.41, 5.74) is 6.51. The lowest BCUT2D eigenvalue weighted by Crippen LogP contribution is -2.10. The Morgan fingerprint density at radius 1 is 0.529 bits per heavy atom. The normalized spacial score (nSPS) is 12.9. The van der Waals surface area contributed by atoms with Gasteiger partial charge in [-0.15, -0.1) is 0 Å². The molecule has 0 saturated carbocycles. The molecule has 0 aromatic heterocycles. The molecule has 0 amide bonds. The first-order chi connectivity index (χ1) is 16.5. The van der Waals surface area contributed by atoms with Crippen molar-refractivity contribution in [2.75, 3.05) is 13.2 Å². The van der Waals surface area contributed by atoms with E-state index in [2.05, 4.69) is 62.4 Å². The topological polar surface area (TPSA) is 18.5 Å². The van der Waals surface area contributed by atoms with Crippen LogP contribution in [0, 0.1) is 0 Å². The summed E-state index contributed by atoms with van der Waals surface area (Å²) < 4.78 is 12.0. The number of hydrogen-bond donors (Lipinski definition) is 0. The van der Waals surface area contributed by atoms with Crippen molar-refractivity contribution in [2.45, 2.75) is 26.1 Å². The summed E-state index contributed by atoms with van der Waals surface area (Å²) in [4.78, 5) is 0. The second kappa shape index (κ2) is 11.7. The average Bonchev–Trinajstić information content (AvgIpc) is 2.87. The van der Waals surface area contributed by atoms with Gasteiger partial charge in [0.1, 0.15) is 0 Å². The summed E-state index contributed by atoms with van der Waals surface area (Å²) in [6, 6.07) is 32.4. The van der Waals surface area contributed by atoms with E-state index < -0.39 is 0 Å². The first kappa shape index (κ1) is 24.5. The van der Waals surface area contributed by atoms with E-state index in [4.69, 9.17) is 32.7 Å². The van der Waals surface area contributed by atoms with Crippen LogP contribution in [0.1, 0.15) is 37.2 Å². The first-order valence-electron chi connectivity index (χ1n) is 11.5. The van der Waals surface area contributed by atoms with Gasteiger partial charge in [-0.2, -0.15) is 0 Å². The maximum atomic E-state index is 6.31. The Kier molecular flexibility index (Phi) is 8.42. The molecule has 2 atom stereocenters. The molecule has 0 spiro atoms. The Labute approximate surface area is 212 Å². The van der Waals surface area contributed by atoms with Gasteiger partial charge in [0, 0.05) is 21.2 Å². The molecule has 0 saturated heterocycles. The van der Waals surface area contributed by atoms with Crippen LogP contribution in [-0.4, -0.2) is 13.2 Å². The molecule has 0 aliphatic carbocycles. The van der Waals surface area contributed by atoms with Gasteiger partial charge in [-0.1, -0.05) is 108 Å². The minimum Gasteiger partial charge on any atom is -0.371 e. The molecule has 34 heavy (non-hydrogen) atoms. The third kappa shape index (κ3) is 6.08. The Balaban J connectivity index is 1.25. The molecule has 2 nitrogen and oxygen atoms in total. The average molecular weight is 491 g/mol. The summed E-state index contributed by atoms with van der Waals surface area (Å²) >= 11 is 12.6. The molecule has 2 unspecified atom stereocenters. The van der Waals surface area contributed by atoms with Crippen LogP contribution in [0.5, 0.6) is 0 Å². The van der Waals surface area contributed by atoms with Crippen molar-refractivity contribution in [3.05, 3.63) is 118 Å². The van der Waals surface area contributed by atoms with Crippen molar-refractivity contribution in [3.8, 4) is 22.3 Å². The third-order valence-corrected chi connectivity index (χ3v) is 6.61. The Morgan fingerprint density at radius 3 is 1.24 bits per heavy atom. The molecule has 4 aromatic rings. The van der Waals surface area contributed by atoms with Gasteiger partial charge in [-0.05, 0) is 48.2 Å². The highest BCUT2D eigenvalue weighted by Gasteiger charge is 2.10. The molecule has 4 rings (SSSR count). The van der Waals surface area contributed by atoms with Crippen LogP contribution >= 0.6 is 23.2 Å². The number of benzene rings is 4. The number of rotatable bonds is 9. The second-order valence-electron chi connectivity index (χ2n) is 8.23. The largest absolute Gasteiger partial charge is 0.371 e.